The quantitative estimate of drug-likeness (QED) is 0.854. The average Bonchev–Trinajstić information content (AvgIpc) is 2.53. The molecule has 2 N–H and O–H groups in total. The summed E-state index contributed by atoms with van der Waals surface area (Å²) in [5.74, 6) is -0.236. The lowest BCUT2D eigenvalue weighted by molar-refractivity contribution is -0.115. The zero-order valence-corrected chi connectivity index (χ0v) is 13.1. The van der Waals surface area contributed by atoms with Crippen molar-refractivity contribution in [2.45, 2.75) is 19.4 Å². The number of nitrogens with zero attached hydrogens (tertiary/aromatic N) is 1. The van der Waals surface area contributed by atoms with Crippen molar-refractivity contribution in [3.05, 3.63) is 29.8 Å². The summed E-state index contributed by atoms with van der Waals surface area (Å²) in [6, 6.07) is 6.93. The van der Waals surface area contributed by atoms with E-state index in [1.807, 2.05) is 7.05 Å². The Bertz CT molecular complexity index is 533. The third-order valence-corrected chi connectivity index (χ3v) is 3.56. The highest BCUT2D eigenvalue weighted by Gasteiger charge is 2.18. The lowest BCUT2D eigenvalue weighted by Crippen LogP contribution is -2.45. The second-order valence-electron chi connectivity index (χ2n) is 5.45. The first-order valence-corrected chi connectivity index (χ1v) is 7.56. The first kappa shape index (κ1) is 16.5. The van der Waals surface area contributed by atoms with Crippen LogP contribution in [0.15, 0.2) is 24.3 Å². The normalized spacial score (nSPS) is 18.7. The number of likely N-dealkylation sites (N-methyl/N-ethyl adjacent to an activating group) is 1. The summed E-state index contributed by atoms with van der Waals surface area (Å²) in [4.78, 5) is 25.8. The van der Waals surface area contributed by atoms with Crippen molar-refractivity contribution >= 4 is 17.5 Å². The number of ether oxygens (including phenoxy) is 1. The number of hydrogen-bond acceptors (Lipinski definition) is 4. The summed E-state index contributed by atoms with van der Waals surface area (Å²) in [5.41, 5.74) is 1.16. The van der Waals surface area contributed by atoms with Gasteiger partial charge in [-0.25, -0.2) is 0 Å². The van der Waals surface area contributed by atoms with Crippen molar-refractivity contribution in [3.8, 4) is 0 Å². The number of nitrogens with one attached hydrogen (secondary N) is 2. The van der Waals surface area contributed by atoms with E-state index in [1.165, 1.54) is 0 Å². The monoisotopic (exact) mass is 305 g/mol. The van der Waals surface area contributed by atoms with Gasteiger partial charge in [-0.1, -0.05) is 13.0 Å². The number of carbonyl (C=O) groups excluding carboxylic acids is 2. The molecule has 0 spiro atoms. The molecule has 0 aromatic heterocycles. The van der Waals surface area contributed by atoms with Crippen molar-refractivity contribution in [2.24, 2.45) is 0 Å². The molecule has 1 saturated heterocycles. The Hall–Kier alpha value is -1.92. The molecule has 6 nitrogen and oxygen atoms in total. The highest BCUT2D eigenvalue weighted by molar-refractivity contribution is 5.97. The van der Waals surface area contributed by atoms with Crippen LogP contribution in [-0.4, -0.2) is 56.1 Å². The second-order valence-corrected chi connectivity index (χ2v) is 5.45. The van der Waals surface area contributed by atoms with Gasteiger partial charge in [0.25, 0.3) is 5.91 Å². The van der Waals surface area contributed by atoms with Gasteiger partial charge in [0, 0.05) is 37.3 Å². The molecule has 0 radical (unpaired) electrons. The lowest BCUT2D eigenvalue weighted by atomic mass is 10.1. The average molecular weight is 305 g/mol. The molecule has 6 heteroatoms. The van der Waals surface area contributed by atoms with E-state index in [1.54, 1.807) is 31.2 Å². The summed E-state index contributed by atoms with van der Waals surface area (Å²) in [6.45, 7) is 4.69. The maximum atomic E-state index is 12.2. The summed E-state index contributed by atoms with van der Waals surface area (Å²) in [5, 5.41) is 5.63. The highest BCUT2D eigenvalue weighted by Crippen LogP contribution is 2.11. The number of amides is 2. The van der Waals surface area contributed by atoms with Crippen LogP contribution in [0.2, 0.25) is 0 Å². The fourth-order valence-electron chi connectivity index (χ4n) is 2.29. The number of carbonyl (C=O) groups is 2. The maximum Gasteiger partial charge on any atom is 0.251 e. The van der Waals surface area contributed by atoms with Crippen molar-refractivity contribution in [1.82, 2.24) is 10.2 Å². The Balaban J connectivity index is 1.89. The van der Waals surface area contributed by atoms with E-state index in [9.17, 15) is 9.59 Å². The number of morpholine rings is 1. The van der Waals surface area contributed by atoms with E-state index in [0.717, 1.165) is 13.1 Å². The minimum atomic E-state index is -0.163. The standard InChI is InChI=1S/C16H23N3O3/c1-3-15(20)18-13-6-4-5-12(9-13)16(21)17-10-14-11-19(2)7-8-22-14/h4-6,9,14H,3,7-8,10-11H2,1-2H3,(H,17,21)(H,18,20). The van der Waals surface area contributed by atoms with Gasteiger partial charge in [0.05, 0.1) is 12.7 Å². The van der Waals surface area contributed by atoms with Crippen LogP contribution in [-0.2, 0) is 9.53 Å². The van der Waals surface area contributed by atoms with Gasteiger partial charge in [-0.3, -0.25) is 9.59 Å². The topological polar surface area (TPSA) is 70.7 Å². The van der Waals surface area contributed by atoms with Gasteiger partial charge >= 0.3 is 0 Å². The molecule has 1 fully saturated rings. The van der Waals surface area contributed by atoms with Gasteiger partial charge in [0.15, 0.2) is 0 Å². The lowest BCUT2D eigenvalue weighted by Gasteiger charge is -2.30. The molecular formula is C16H23N3O3. The van der Waals surface area contributed by atoms with Crippen LogP contribution in [0, 0.1) is 0 Å². The molecule has 2 rings (SSSR count). The highest BCUT2D eigenvalue weighted by atomic mass is 16.5. The van der Waals surface area contributed by atoms with Gasteiger partial charge in [-0.2, -0.15) is 0 Å². The second kappa shape index (κ2) is 7.91. The number of rotatable bonds is 5. The smallest absolute Gasteiger partial charge is 0.251 e. The molecule has 22 heavy (non-hydrogen) atoms. The van der Waals surface area contributed by atoms with Crippen molar-refractivity contribution < 1.29 is 14.3 Å². The Kier molecular flexibility index (Phi) is 5.91. The Morgan fingerprint density at radius 2 is 2.23 bits per heavy atom. The predicted octanol–water partition coefficient (Wildman–Crippen LogP) is 1.10. The summed E-state index contributed by atoms with van der Waals surface area (Å²) >= 11 is 0. The van der Waals surface area contributed by atoms with Gasteiger partial charge in [0.2, 0.25) is 5.91 Å². The molecule has 1 aromatic rings. The third-order valence-electron chi connectivity index (χ3n) is 3.56. The zero-order chi connectivity index (χ0) is 15.9. The van der Waals surface area contributed by atoms with E-state index in [0.29, 0.717) is 30.8 Å². The van der Waals surface area contributed by atoms with Crippen LogP contribution in [0.5, 0.6) is 0 Å². The minimum absolute atomic E-state index is 0.0191. The first-order valence-electron chi connectivity index (χ1n) is 7.56. The Labute approximate surface area is 130 Å². The number of hydrogen-bond donors (Lipinski definition) is 2. The van der Waals surface area contributed by atoms with Crippen LogP contribution in [0.1, 0.15) is 23.7 Å². The molecule has 2 amide bonds. The largest absolute Gasteiger partial charge is 0.374 e. The number of anilines is 1. The molecular weight excluding hydrogens is 282 g/mol. The van der Waals surface area contributed by atoms with Crippen LogP contribution in [0.4, 0.5) is 5.69 Å². The third kappa shape index (κ3) is 4.82. The van der Waals surface area contributed by atoms with Crippen LogP contribution < -0.4 is 10.6 Å². The van der Waals surface area contributed by atoms with E-state index in [2.05, 4.69) is 15.5 Å². The molecule has 0 bridgehead atoms. The van der Waals surface area contributed by atoms with Crippen molar-refractivity contribution in [3.63, 3.8) is 0 Å². The van der Waals surface area contributed by atoms with Crippen molar-refractivity contribution in [1.29, 1.82) is 0 Å². The van der Waals surface area contributed by atoms with E-state index in [4.69, 9.17) is 4.74 Å². The predicted molar refractivity (Wildman–Crippen MR) is 84.9 cm³/mol. The molecule has 1 atom stereocenters. The SMILES string of the molecule is CCC(=O)Nc1cccc(C(=O)NCC2CN(C)CCO2)c1. The molecule has 0 saturated carbocycles. The van der Waals surface area contributed by atoms with Gasteiger partial charge in [-0.15, -0.1) is 0 Å². The summed E-state index contributed by atoms with van der Waals surface area (Å²) in [7, 11) is 2.04. The molecule has 1 heterocycles. The first-order chi connectivity index (χ1) is 10.6. The van der Waals surface area contributed by atoms with Gasteiger partial charge < -0.3 is 20.3 Å². The summed E-state index contributed by atoms with van der Waals surface area (Å²) < 4.78 is 5.61. The summed E-state index contributed by atoms with van der Waals surface area (Å²) in [6.07, 6.45) is 0.425. The van der Waals surface area contributed by atoms with Crippen LogP contribution in [0.3, 0.4) is 0 Å². The Morgan fingerprint density at radius 1 is 1.41 bits per heavy atom. The maximum absolute atomic E-state index is 12.2. The van der Waals surface area contributed by atoms with E-state index < -0.39 is 0 Å². The van der Waals surface area contributed by atoms with Gasteiger partial charge in [0.1, 0.15) is 0 Å². The minimum Gasteiger partial charge on any atom is -0.374 e. The molecule has 120 valence electrons. The molecule has 1 aliphatic heterocycles. The molecule has 1 unspecified atom stereocenters. The fourth-order valence-corrected chi connectivity index (χ4v) is 2.29. The van der Waals surface area contributed by atoms with Gasteiger partial charge in [-0.05, 0) is 25.2 Å². The molecule has 1 aromatic carbocycles. The number of benzene rings is 1. The van der Waals surface area contributed by atoms with Crippen molar-refractivity contribution in [2.75, 3.05) is 38.6 Å². The van der Waals surface area contributed by atoms with Crippen LogP contribution >= 0.6 is 0 Å². The van der Waals surface area contributed by atoms with Crippen LogP contribution in [0.25, 0.3) is 0 Å². The van der Waals surface area contributed by atoms with E-state index in [-0.39, 0.29) is 17.9 Å². The molecule has 1 aliphatic rings. The van der Waals surface area contributed by atoms with E-state index >= 15 is 0 Å². The molecule has 0 aliphatic carbocycles. The Morgan fingerprint density at radius 3 is 2.95 bits per heavy atom. The zero-order valence-electron chi connectivity index (χ0n) is 13.1. The fraction of sp³-hybridized carbons (Fsp3) is 0.500.